The van der Waals surface area contributed by atoms with Crippen molar-refractivity contribution in [1.29, 1.82) is 0 Å². The van der Waals surface area contributed by atoms with Crippen LogP contribution in [0, 0.1) is 0 Å². The molecule has 1 aromatic heterocycles. The number of rotatable bonds is 3. The van der Waals surface area contributed by atoms with Gasteiger partial charge < -0.3 is 9.80 Å². The minimum absolute atomic E-state index is 0.0325. The highest BCUT2D eigenvalue weighted by Crippen LogP contribution is 2.22. The highest BCUT2D eigenvalue weighted by molar-refractivity contribution is 6.33. The van der Waals surface area contributed by atoms with E-state index in [9.17, 15) is 9.59 Å². The number of hydrogen-bond donors (Lipinski definition) is 1. The molecule has 3 rings (SSSR count). The molecule has 0 saturated carbocycles. The van der Waals surface area contributed by atoms with Crippen LogP contribution in [-0.4, -0.2) is 47.2 Å². The molecular weight excluding hydrogens is 340 g/mol. The van der Waals surface area contributed by atoms with Crippen molar-refractivity contribution >= 4 is 23.2 Å². The van der Waals surface area contributed by atoms with Crippen LogP contribution >= 0.6 is 11.6 Å². The summed E-state index contributed by atoms with van der Waals surface area (Å²) in [6.07, 6.45) is 1.55. The van der Waals surface area contributed by atoms with Crippen LogP contribution in [0.25, 0.3) is 0 Å². The molecule has 0 aliphatic carbocycles. The molecule has 7 heteroatoms. The molecule has 1 aromatic carbocycles. The second kappa shape index (κ2) is 7.27. The summed E-state index contributed by atoms with van der Waals surface area (Å²) in [6.45, 7) is 6.64. The van der Waals surface area contributed by atoms with Gasteiger partial charge in [-0.15, -0.1) is 0 Å². The van der Waals surface area contributed by atoms with Gasteiger partial charge in [0.25, 0.3) is 11.5 Å². The maximum atomic E-state index is 12.7. The van der Waals surface area contributed by atoms with Crippen LogP contribution in [0.15, 0.2) is 35.3 Å². The molecule has 0 spiro atoms. The van der Waals surface area contributed by atoms with Gasteiger partial charge in [0.15, 0.2) is 0 Å². The quantitative estimate of drug-likeness (QED) is 0.913. The lowest BCUT2D eigenvalue weighted by atomic mass is 10.0. The van der Waals surface area contributed by atoms with Crippen molar-refractivity contribution in [3.8, 4) is 0 Å². The van der Waals surface area contributed by atoms with Crippen molar-refractivity contribution in [2.24, 2.45) is 0 Å². The fourth-order valence-electron chi connectivity index (χ4n) is 2.94. The van der Waals surface area contributed by atoms with Gasteiger partial charge in [0.2, 0.25) is 0 Å². The smallest absolute Gasteiger partial charge is 0.285 e. The van der Waals surface area contributed by atoms with E-state index in [1.165, 1.54) is 5.56 Å². The Morgan fingerprint density at radius 1 is 1.16 bits per heavy atom. The van der Waals surface area contributed by atoms with Crippen molar-refractivity contribution in [3.05, 3.63) is 57.0 Å². The summed E-state index contributed by atoms with van der Waals surface area (Å²) in [6, 6.07) is 7.80. The normalized spacial score (nSPS) is 14.9. The van der Waals surface area contributed by atoms with Gasteiger partial charge in [-0.3, -0.25) is 9.59 Å². The summed E-state index contributed by atoms with van der Waals surface area (Å²) in [5.74, 6) is 0.477. The Hall–Kier alpha value is -2.34. The Balaban J connectivity index is 1.66. The van der Waals surface area contributed by atoms with Crippen LogP contribution in [0.5, 0.6) is 0 Å². The minimum atomic E-state index is -0.400. The molecule has 0 bridgehead atoms. The van der Waals surface area contributed by atoms with Crippen LogP contribution in [0.1, 0.15) is 35.7 Å². The van der Waals surface area contributed by atoms with Crippen LogP contribution < -0.4 is 10.5 Å². The van der Waals surface area contributed by atoms with E-state index in [2.05, 4.69) is 24.0 Å². The van der Waals surface area contributed by atoms with Crippen molar-refractivity contribution in [2.45, 2.75) is 19.8 Å². The number of amides is 1. The molecule has 1 aliphatic heterocycles. The third-order valence-electron chi connectivity index (χ3n) is 4.51. The number of benzene rings is 1. The molecule has 2 aromatic rings. The fourth-order valence-corrected chi connectivity index (χ4v) is 3.15. The number of anilines is 1. The summed E-state index contributed by atoms with van der Waals surface area (Å²) in [5.41, 5.74) is 2.13. The van der Waals surface area contributed by atoms with Gasteiger partial charge in [-0.05, 0) is 23.6 Å². The molecule has 1 fully saturated rings. The Morgan fingerprint density at radius 2 is 1.80 bits per heavy atom. The first kappa shape index (κ1) is 17.5. The van der Waals surface area contributed by atoms with Crippen LogP contribution in [0.4, 0.5) is 5.69 Å². The summed E-state index contributed by atoms with van der Waals surface area (Å²) >= 11 is 6.06. The molecule has 132 valence electrons. The molecule has 1 N–H and O–H groups in total. The van der Waals surface area contributed by atoms with E-state index in [1.54, 1.807) is 6.20 Å². The summed E-state index contributed by atoms with van der Waals surface area (Å²) < 4.78 is 0. The number of aromatic amines is 1. The van der Waals surface area contributed by atoms with E-state index in [0.29, 0.717) is 43.3 Å². The molecule has 2 heterocycles. The zero-order chi connectivity index (χ0) is 18.0. The Kier molecular flexibility index (Phi) is 5.08. The van der Waals surface area contributed by atoms with E-state index in [-0.39, 0.29) is 10.9 Å². The maximum absolute atomic E-state index is 12.7. The minimum Gasteiger partial charge on any atom is -0.365 e. The molecule has 1 amide bonds. The number of carbonyl (C=O) groups is 1. The number of piperazine rings is 1. The molecule has 25 heavy (non-hydrogen) atoms. The second-order valence-electron chi connectivity index (χ2n) is 6.45. The lowest BCUT2D eigenvalue weighted by molar-refractivity contribution is 0.0746. The SMILES string of the molecule is CC(C)c1ccc(C(=O)N2CCN(c3cn[nH]c(=O)c3Cl)CC2)cc1. The molecular formula is C18H21ClN4O2. The first-order valence-corrected chi connectivity index (χ1v) is 8.72. The summed E-state index contributed by atoms with van der Waals surface area (Å²) in [4.78, 5) is 28.0. The molecule has 0 atom stereocenters. The van der Waals surface area contributed by atoms with Crippen molar-refractivity contribution in [2.75, 3.05) is 31.1 Å². The zero-order valence-electron chi connectivity index (χ0n) is 14.3. The van der Waals surface area contributed by atoms with Crippen molar-refractivity contribution < 1.29 is 4.79 Å². The number of nitrogens with zero attached hydrogens (tertiary/aromatic N) is 3. The zero-order valence-corrected chi connectivity index (χ0v) is 15.1. The Bertz CT molecular complexity index is 809. The fraction of sp³-hybridized carbons (Fsp3) is 0.389. The van der Waals surface area contributed by atoms with Crippen molar-refractivity contribution in [3.63, 3.8) is 0 Å². The average molecular weight is 361 g/mol. The Morgan fingerprint density at radius 3 is 2.40 bits per heavy atom. The monoisotopic (exact) mass is 360 g/mol. The van der Waals surface area contributed by atoms with Crippen LogP contribution in [0.2, 0.25) is 5.02 Å². The lowest BCUT2D eigenvalue weighted by Crippen LogP contribution is -2.49. The van der Waals surface area contributed by atoms with E-state index in [1.807, 2.05) is 34.1 Å². The third kappa shape index (κ3) is 3.69. The molecule has 0 unspecified atom stereocenters. The van der Waals surface area contributed by atoms with Crippen LogP contribution in [0.3, 0.4) is 0 Å². The molecule has 6 nitrogen and oxygen atoms in total. The number of nitrogens with one attached hydrogen (secondary N) is 1. The first-order valence-electron chi connectivity index (χ1n) is 8.34. The molecule has 0 radical (unpaired) electrons. The van der Waals surface area contributed by atoms with E-state index < -0.39 is 5.56 Å². The number of carbonyl (C=O) groups excluding carboxylic acids is 1. The first-order chi connectivity index (χ1) is 12.0. The Labute approximate surface area is 151 Å². The number of halogens is 1. The van der Waals surface area contributed by atoms with Gasteiger partial charge in [0, 0.05) is 31.7 Å². The van der Waals surface area contributed by atoms with E-state index >= 15 is 0 Å². The topological polar surface area (TPSA) is 69.3 Å². The predicted molar refractivity (Wildman–Crippen MR) is 98.5 cm³/mol. The van der Waals surface area contributed by atoms with Crippen LogP contribution in [-0.2, 0) is 0 Å². The average Bonchev–Trinajstić information content (AvgIpc) is 2.64. The standard InChI is InChI=1S/C18H21ClN4O2/c1-12(2)13-3-5-14(6-4-13)18(25)23-9-7-22(8-10-23)15-11-20-21-17(24)16(15)19/h3-6,11-12H,7-10H2,1-2H3,(H,21,24). The number of aromatic nitrogens is 2. The van der Waals surface area contributed by atoms with Gasteiger partial charge in [-0.25, -0.2) is 5.10 Å². The van der Waals surface area contributed by atoms with Gasteiger partial charge in [-0.2, -0.15) is 5.10 Å². The maximum Gasteiger partial charge on any atom is 0.285 e. The second-order valence-corrected chi connectivity index (χ2v) is 6.83. The third-order valence-corrected chi connectivity index (χ3v) is 4.87. The molecule has 1 aliphatic rings. The lowest BCUT2D eigenvalue weighted by Gasteiger charge is -2.36. The number of H-pyrrole nitrogens is 1. The van der Waals surface area contributed by atoms with E-state index in [4.69, 9.17) is 11.6 Å². The summed E-state index contributed by atoms with van der Waals surface area (Å²) in [5, 5.41) is 6.25. The highest BCUT2D eigenvalue weighted by Gasteiger charge is 2.24. The summed E-state index contributed by atoms with van der Waals surface area (Å²) in [7, 11) is 0. The van der Waals surface area contributed by atoms with Gasteiger partial charge in [0.05, 0.1) is 11.9 Å². The highest BCUT2D eigenvalue weighted by atomic mass is 35.5. The van der Waals surface area contributed by atoms with Gasteiger partial charge >= 0.3 is 0 Å². The predicted octanol–water partition coefficient (Wildman–Crippen LogP) is 2.51. The number of hydrogen-bond acceptors (Lipinski definition) is 4. The van der Waals surface area contributed by atoms with Gasteiger partial charge in [0.1, 0.15) is 5.02 Å². The van der Waals surface area contributed by atoms with E-state index in [0.717, 1.165) is 0 Å². The van der Waals surface area contributed by atoms with Crippen molar-refractivity contribution in [1.82, 2.24) is 15.1 Å². The molecule has 1 saturated heterocycles. The largest absolute Gasteiger partial charge is 0.365 e. The van der Waals surface area contributed by atoms with Gasteiger partial charge in [-0.1, -0.05) is 37.6 Å².